The van der Waals surface area contributed by atoms with Crippen LogP contribution in [0.2, 0.25) is 0 Å². The molecule has 0 bridgehead atoms. The lowest BCUT2D eigenvalue weighted by atomic mass is 10.1. The normalized spacial score (nSPS) is 25.5. The van der Waals surface area contributed by atoms with E-state index in [9.17, 15) is 4.79 Å². The van der Waals surface area contributed by atoms with Gasteiger partial charge in [-0.05, 0) is 20.8 Å². The van der Waals surface area contributed by atoms with Crippen LogP contribution < -0.4 is 5.32 Å². The van der Waals surface area contributed by atoms with Crippen LogP contribution in [0.15, 0.2) is 0 Å². The lowest BCUT2D eigenvalue weighted by Crippen LogP contribution is -2.52. The molecule has 58 valence electrons. The number of nitrogens with one attached hydrogen (secondary N) is 1. The minimum atomic E-state index is -0.154. The zero-order valence-electron chi connectivity index (χ0n) is 6.60. The molecule has 0 radical (unpaired) electrons. The van der Waals surface area contributed by atoms with Crippen molar-refractivity contribution in [1.29, 1.82) is 0 Å². The standard InChI is InChI=1S/C7H13NO2/c1-7(2,3)10-6-4-5(9)8-6/h6H,4H2,1-3H3,(H,8,9). The van der Waals surface area contributed by atoms with Gasteiger partial charge in [0.15, 0.2) is 0 Å². The van der Waals surface area contributed by atoms with Gasteiger partial charge in [0, 0.05) is 0 Å². The molecule has 1 aliphatic rings. The molecular formula is C7H13NO2. The van der Waals surface area contributed by atoms with Gasteiger partial charge < -0.3 is 10.1 Å². The predicted molar refractivity (Wildman–Crippen MR) is 37.4 cm³/mol. The monoisotopic (exact) mass is 143 g/mol. The summed E-state index contributed by atoms with van der Waals surface area (Å²) < 4.78 is 5.41. The molecule has 1 fully saturated rings. The van der Waals surface area contributed by atoms with Crippen molar-refractivity contribution in [3.8, 4) is 0 Å². The molecule has 0 aromatic carbocycles. The highest BCUT2D eigenvalue weighted by Gasteiger charge is 2.29. The summed E-state index contributed by atoms with van der Waals surface area (Å²) in [5.41, 5.74) is -0.154. The van der Waals surface area contributed by atoms with E-state index in [1.165, 1.54) is 0 Å². The average Bonchev–Trinajstić information content (AvgIpc) is 1.57. The molecule has 1 atom stereocenters. The molecule has 1 N–H and O–H groups in total. The maximum Gasteiger partial charge on any atom is 0.226 e. The summed E-state index contributed by atoms with van der Waals surface area (Å²) in [6.07, 6.45) is 0.463. The molecule has 3 nitrogen and oxygen atoms in total. The quantitative estimate of drug-likeness (QED) is 0.547. The van der Waals surface area contributed by atoms with Crippen molar-refractivity contribution in [3.63, 3.8) is 0 Å². The lowest BCUT2D eigenvalue weighted by Gasteiger charge is -2.33. The fourth-order valence-electron chi connectivity index (χ4n) is 0.825. The Bertz CT molecular complexity index is 140. The summed E-state index contributed by atoms with van der Waals surface area (Å²) in [4.78, 5) is 10.4. The van der Waals surface area contributed by atoms with Gasteiger partial charge in [0.25, 0.3) is 0 Å². The van der Waals surface area contributed by atoms with Gasteiger partial charge in [0.1, 0.15) is 6.23 Å². The summed E-state index contributed by atoms with van der Waals surface area (Å²) in [6.45, 7) is 5.91. The molecule has 0 aromatic heterocycles. The summed E-state index contributed by atoms with van der Waals surface area (Å²) in [5, 5.41) is 2.64. The van der Waals surface area contributed by atoms with Crippen molar-refractivity contribution in [2.75, 3.05) is 0 Å². The first-order chi connectivity index (χ1) is 4.47. The van der Waals surface area contributed by atoms with Crippen molar-refractivity contribution < 1.29 is 9.53 Å². The molecule has 1 rings (SSSR count). The fourth-order valence-corrected chi connectivity index (χ4v) is 0.825. The van der Waals surface area contributed by atoms with Gasteiger partial charge in [-0.25, -0.2) is 0 Å². The number of amides is 1. The predicted octanol–water partition coefficient (Wildman–Crippen LogP) is 0.647. The number of β-lactam (4-membered cyclic amide) rings is 1. The van der Waals surface area contributed by atoms with Crippen LogP contribution in [0.4, 0.5) is 0 Å². The Labute approximate surface area is 60.7 Å². The number of carbonyl (C=O) groups excluding carboxylic acids is 1. The van der Waals surface area contributed by atoms with Crippen LogP contribution in [0.25, 0.3) is 0 Å². The first-order valence-electron chi connectivity index (χ1n) is 3.44. The molecule has 1 unspecified atom stereocenters. The van der Waals surface area contributed by atoms with Crippen LogP contribution in [0.1, 0.15) is 27.2 Å². The maximum atomic E-state index is 10.4. The summed E-state index contributed by atoms with van der Waals surface area (Å²) in [7, 11) is 0. The third kappa shape index (κ3) is 1.99. The second kappa shape index (κ2) is 2.23. The molecule has 1 aliphatic heterocycles. The molecule has 1 amide bonds. The summed E-state index contributed by atoms with van der Waals surface area (Å²) in [5.74, 6) is 0.0780. The highest BCUT2D eigenvalue weighted by atomic mass is 16.5. The van der Waals surface area contributed by atoms with Crippen molar-refractivity contribution in [2.45, 2.75) is 39.0 Å². The molecule has 10 heavy (non-hydrogen) atoms. The Balaban J connectivity index is 2.22. The second-order valence-corrected chi connectivity index (χ2v) is 3.49. The summed E-state index contributed by atoms with van der Waals surface area (Å²) in [6, 6.07) is 0. The smallest absolute Gasteiger partial charge is 0.226 e. The van der Waals surface area contributed by atoms with Crippen molar-refractivity contribution in [1.82, 2.24) is 5.32 Å². The number of carbonyl (C=O) groups is 1. The Morgan fingerprint density at radius 3 is 2.40 bits per heavy atom. The first kappa shape index (κ1) is 7.54. The van der Waals surface area contributed by atoms with E-state index in [1.807, 2.05) is 20.8 Å². The second-order valence-electron chi connectivity index (χ2n) is 3.49. The third-order valence-electron chi connectivity index (χ3n) is 1.19. The van der Waals surface area contributed by atoms with Crippen LogP contribution in [-0.4, -0.2) is 17.7 Å². The molecule has 0 spiro atoms. The van der Waals surface area contributed by atoms with E-state index in [4.69, 9.17) is 4.74 Å². The van der Waals surface area contributed by atoms with E-state index < -0.39 is 0 Å². The van der Waals surface area contributed by atoms with Crippen LogP contribution in [0.5, 0.6) is 0 Å². The lowest BCUT2D eigenvalue weighted by molar-refractivity contribution is -0.153. The first-order valence-corrected chi connectivity index (χ1v) is 3.44. The van der Waals surface area contributed by atoms with Gasteiger partial charge in [0.05, 0.1) is 12.0 Å². The van der Waals surface area contributed by atoms with Crippen molar-refractivity contribution in [2.24, 2.45) is 0 Å². The minimum Gasteiger partial charge on any atom is -0.352 e. The number of hydrogen-bond donors (Lipinski definition) is 1. The Kier molecular flexibility index (Phi) is 1.68. The highest BCUT2D eigenvalue weighted by Crippen LogP contribution is 2.15. The number of hydrogen-bond acceptors (Lipinski definition) is 2. The zero-order valence-corrected chi connectivity index (χ0v) is 6.60. The van der Waals surface area contributed by atoms with Crippen LogP contribution in [-0.2, 0) is 9.53 Å². The Hall–Kier alpha value is -0.570. The number of ether oxygens (including phenoxy) is 1. The maximum absolute atomic E-state index is 10.4. The molecule has 0 aliphatic carbocycles. The van der Waals surface area contributed by atoms with Crippen LogP contribution >= 0.6 is 0 Å². The van der Waals surface area contributed by atoms with E-state index in [2.05, 4.69) is 5.32 Å². The van der Waals surface area contributed by atoms with Crippen molar-refractivity contribution in [3.05, 3.63) is 0 Å². The molecule has 3 heteroatoms. The van der Waals surface area contributed by atoms with Gasteiger partial charge in [-0.3, -0.25) is 4.79 Å². The van der Waals surface area contributed by atoms with Crippen LogP contribution in [0.3, 0.4) is 0 Å². The van der Waals surface area contributed by atoms with Gasteiger partial charge in [-0.15, -0.1) is 0 Å². The van der Waals surface area contributed by atoms with Gasteiger partial charge >= 0.3 is 0 Å². The zero-order chi connectivity index (χ0) is 7.78. The van der Waals surface area contributed by atoms with Crippen LogP contribution in [0, 0.1) is 0 Å². The van der Waals surface area contributed by atoms with E-state index in [-0.39, 0.29) is 17.7 Å². The average molecular weight is 143 g/mol. The Morgan fingerprint density at radius 2 is 2.10 bits per heavy atom. The summed E-state index contributed by atoms with van der Waals surface area (Å²) >= 11 is 0. The molecular weight excluding hydrogens is 130 g/mol. The highest BCUT2D eigenvalue weighted by molar-refractivity contribution is 5.82. The van der Waals surface area contributed by atoms with Gasteiger partial charge in [0.2, 0.25) is 5.91 Å². The topological polar surface area (TPSA) is 38.3 Å². The Morgan fingerprint density at radius 1 is 1.60 bits per heavy atom. The van der Waals surface area contributed by atoms with E-state index in [0.717, 1.165) is 0 Å². The van der Waals surface area contributed by atoms with E-state index in [0.29, 0.717) is 6.42 Å². The van der Waals surface area contributed by atoms with E-state index in [1.54, 1.807) is 0 Å². The minimum absolute atomic E-state index is 0.0486. The van der Waals surface area contributed by atoms with Gasteiger partial charge in [-0.2, -0.15) is 0 Å². The molecule has 0 saturated carbocycles. The SMILES string of the molecule is CC(C)(C)OC1CC(=O)N1. The number of rotatable bonds is 1. The van der Waals surface area contributed by atoms with E-state index >= 15 is 0 Å². The molecule has 0 aromatic rings. The third-order valence-corrected chi connectivity index (χ3v) is 1.19. The molecule has 1 saturated heterocycles. The fraction of sp³-hybridized carbons (Fsp3) is 0.857. The van der Waals surface area contributed by atoms with Crippen molar-refractivity contribution >= 4 is 5.91 Å². The molecule has 1 heterocycles. The van der Waals surface area contributed by atoms with Gasteiger partial charge in [-0.1, -0.05) is 0 Å². The largest absolute Gasteiger partial charge is 0.352 e.